The highest BCUT2D eigenvalue weighted by atomic mass is 16.5. The van der Waals surface area contributed by atoms with E-state index in [1.54, 1.807) is 0 Å². The number of anilines is 1. The van der Waals surface area contributed by atoms with Gasteiger partial charge in [-0.1, -0.05) is 84.9 Å². The zero-order chi connectivity index (χ0) is 21.8. The molecule has 1 N–H and O–H groups in total. The van der Waals surface area contributed by atoms with Crippen molar-refractivity contribution in [2.45, 2.75) is 19.3 Å². The molecule has 1 amide bonds. The van der Waals surface area contributed by atoms with Crippen molar-refractivity contribution >= 4 is 11.6 Å². The summed E-state index contributed by atoms with van der Waals surface area (Å²) in [6.45, 7) is 1.05. The van der Waals surface area contributed by atoms with Crippen LogP contribution in [0.3, 0.4) is 0 Å². The second-order valence-corrected chi connectivity index (χ2v) is 7.85. The molecule has 4 heteroatoms. The van der Waals surface area contributed by atoms with Gasteiger partial charge in [0.05, 0.1) is 5.56 Å². The fraction of sp³-hybridized carbons (Fsp3) is 0.107. The highest BCUT2D eigenvalue weighted by Gasteiger charge is 2.32. The number of hydrogen-bond donors (Lipinski definition) is 1. The maximum atomic E-state index is 13.4. The van der Waals surface area contributed by atoms with Gasteiger partial charge >= 0.3 is 0 Å². The largest absolute Gasteiger partial charge is 0.489 e. The second-order valence-electron chi connectivity index (χ2n) is 7.85. The van der Waals surface area contributed by atoms with E-state index in [1.807, 2.05) is 114 Å². The minimum Gasteiger partial charge on any atom is -0.489 e. The van der Waals surface area contributed by atoms with Gasteiger partial charge in [0.25, 0.3) is 5.91 Å². The van der Waals surface area contributed by atoms with Crippen LogP contribution in [-0.4, -0.2) is 10.8 Å². The molecule has 1 aliphatic rings. The minimum absolute atomic E-state index is 0.0256. The summed E-state index contributed by atoms with van der Waals surface area (Å²) < 4.78 is 5.93. The minimum atomic E-state index is -0.263. The molecule has 0 aromatic heterocycles. The van der Waals surface area contributed by atoms with Crippen LogP contribution in [0.5, 0.6) is 5.75 Å². The van der Waals surface area contributed by atoms with Crippen molar-refractivity contribution in [2.24, 2.45) is 0 Å². The Labute approximate surface area is 188 Å². The molecule has 1 atom stereocenters. The number of nitrogens with zero attached hydrogens (tertiary/aromatic N) is 1. The third kappa shape index (κ3) is 4.21. The fourth-order valence-corrected chi connectivity index (χ4v) is 3.99. The number of benzene rings is 4. The number of nitrogens with one attached hydrogen (secondary N) is 1. The van der Waals surface area contributed by atoms with Gasteiger partial charge in [0.1, 0.15) is 18.5 Å². The van der Waals surface area contributed by atoms with Crippen LogP contribution in [0.25, 0.3) is 0 Å². The second kappa shape index (κ2) is 8.98. The Bertz CT molecular complexity index is 1190. The molecule has 1 aliphatic heterocycles. The summed E-state index contributed by atoms with van der Waals surface area (Å²) >= 11 is 0. The van der Waals surface area contributed by atoms with Gasteiger partial charge in [0, 0.05) is 12.2 Å². The van der Waals surface area contributed by atoms with E-state index < -0.39 is 0 Å². The van der Waals surface area contributed by atoms with Crippen molar-refractivity contribution in [1.29, 1.82) is 0 Å². The molecule has 4 aromatic rings. The Morgan fingerprint density at radius 1 is 0.719 bits per heavy atom. The van der Waals surface area contributed by atoms with Crippen LogP contribution >= 0.6 is 0 Å². The van der Waals surface area contributed by atoms with E-state index in [1.165, 1.54) is 0 Å². The van der Waals surface area contributed by atoms with Gasteiger partial charge in [-0.3, -0.25) is 4.79 Å². The summed E-state index contributed by atoms with van der Waals surface area (Å²) in [6, 6.07) is 35.8. The molecule has 0 bridgehead atoms. The van der Waals surface area contributed by atoms with Gasteiger partial charge in [0.15, 0.2) is 0 Å². The van der Waals surface area contributed by atoms with Crippen molar-refractivity contribution in [3.05, 3.63) is 131 Å². The monoisotopic (exact) mass is 420 g/mol. The molecule has 4 nitrogen and oxygen atoms in total. The standard InChI is InChI=1S/C28H24N2O2/c31-28-25-13-7-8-14-26(25)29-27(30(28)19-21-9-3-1-4-10-21)23-15-17-24(18-16-23)32-20-22-11-5-2-6-12-22/h1-18,27,29H,19-20H2/t27-/m1/s1. The van der Waals surface area contributed by atoms with E-state index in [2.05, 4.69) is 5.32 Å². The first-order valence-electron chi connectivity index (χ1n) is 10.7. The maximum absolute atomic E-state index is 13.4. The van der Waals surface area contributed by atoms with Crippen LogP contribution in [0, 0.1) is 0 Å². The van der Waals surface area contributed by atoms with Crippen molar-refractivity contribution in [3.8, 4) is 5.75 Å². The lowest BCUT2D eigenvalue weighted by Gasteiger charge is -2.38. The summed E-state index contributed by atoms with van der Waals surface area (Å²) in [5.41, 5.74) is 4.78. The molecular formula is C28H24N2O2. The molecule has 0 aliphatic carbocycles. The lowest BCUT2D eigenvalue weighted by Crippen LogP contribution is -2.42. The number of ether oxygens (including phenoxy) is 1. The Kier molecular flexibility index (Phi) is 5.58. The van der Waals surface area contributed by atoms with Gasteiger partial charge in [0.2, 0.25) is 0 Å². The third-order valence-electron chi connectivity index (χ3n) is 5.66. The summed E-state index contributed by atoms with van der Waals surface area (Å²) in [4.78, 5) is 15.3. The summed E-state index contributed by atoms with van der Waals surface area (Å²) in [5, 5.41) is 3.56. The summed E-state index contributed by atoms with van der Waals surface area (Å²) in [7, 11) is 0. The van der Waals surface area contributed by atoms with Crippen LogP contribution < -0.4 is 10.1 Å². The van der Waals surface area contributed by atoms with Gasteiger partial charge in [-0.2, -0.15) is 0 Å². The molecule has 4 aromatic carbocycles. The molecule has 0 radical (unpaired) electrons. The first-order valence-corrected chi connectivity index (χ1v) is 10.7. The number of carbonyl (C=O) groups is 1. The summed E-state index contributed by atoms with van der Waals surface area (Å²) in [5.74, 6) is 0.826. The van der Waals surface area contributed by atoms with E-state index >= 15 is 0 Å². The van der Waals surface area contributed by atoms with E-state index in [4.69, 9.17) is 4.74 Å². The molecule has 0 spiro atoms. The molecule has 5 rings (SSSR count). The van der Waals surface area contributed by atoms with Crippen LogP contribution in [0.4, 0.5) is 5.69 Å². The lowest BCUT2D eigenvalue weighted by atomic mass is 10.0. The number of rotatable bonds is 6. The van der Waals surface area contributed by atoms with Crippen LogP contribution in [-0.2, 0) is 13.2 Å². The molecular weight excluding hydrogens is 396 g/mol. The first-order chi connectivity index (χ1) is 15.8. The molecule has 158 valence electrons. The first kappa shape index (κ1) is 19.9. The van der Waals surface area contributed by atoms with Crippen LogP contribution in [0.1, 0.15) is 33.2 Å². The Morgan fingerprint density at radius 3 is 2.06 bits per heavy atom. The van der Waals surface area contributed by atoms with E-state index in [0.29, 0.717) is 18.7 Å². The molecule has 0 unspecified atom stereocenters. The van der Waals surface area contributed by atoms with Gasteiger partial charge in [-0.25, -0.2) is 0 Å². The van der Waals surface area contributed by atoms with Gasteiger partial charge in [-0.15, -0.1) is 0 Å². The SMILES string of the molecule is O=C1c2ccccc2N[C@@H](c2ccc(OCc3ccccc3)cc2)N1Cc1ccccc1. The van der Waals surface area contributed by atoms with E-state index in [-0.39, 0.29) is 12.1 Å². The molecule has 32 heavy (non-hydrogen) atoms. The molecule has 1 heterocycles. The van der Waals surface area contributed by atoms with Crippen LogP contribution in [0.15, 0.2) is 109 Å². The maximum Gasteiger partial charge on any atom is 0.258 e. The highest BCUT2D eigenvalue weighted by Crippen LogP contribution is 2.34. The average Bonchev–Trinajstić information content (AvgIpc) is 2.86. The number of para-hydroxylation sites is 1. The normalized spacial score (nSPS) is 15.1. The van der Waals surface area contributed by atoms with Gasteiger partial charge < -0.3 is 15.0 Å². The molecule has 0 saturated carbocycles. The van der Waals surface area contributed by atoms with E-state index in [0.717, 1.165) is 28.1 Å². The zero-order valence-electron chi connectivity index (χ0n) is 17.6. The Hall–Kier alpha value is -4.05. The lowest BCUT2D eigenvalue weighted by molar-refractivity contribution is 0.0666. The fourth-order valence-electron chi connectivity index (χ4n) is 3.99. The number of fused-ring (bicyclic) bond motifs is 1. The quantitative estimate of drug-likeness (QED) is 0.414. The number of carbonyl (C=O) groups excluding carboxylic acids is 1. The Balaban J connectivity index is 1.40. The van der Waals surface area contributed by atoms with Crippen LogP contribution in [0.2, 0.25) is 0 Å². The van der Waals surface area contributed by atoms with E-state index in [9.17, 15) is 4.79 Å². The topological polar surface area (TPSA) is 41.6 Å². The predicted octanol–water partition coefficient (Wildman–Crippen LogP) is 6.03. The molecule has 0 fully saturated rings. The number of amides is 1. The molecule has 0 saturated heterocycles. The third-order valence-corrected chi connectivity index (χ3v) is 5.66. The van der Waals surface area contributed by atoms with Gasteiger partial charge in [-0.05, 0) is 41.0 Å². The Morgan fingerprint density at radius 2 is 1.34 bits per heavy atom. The van der Waals surface area contributed by atoms with Crippen molar-refractivity contribution in [2.75, 3.05) is 5.32 Å². The predicted molar refractivity (Wildman–Crippen MR) is 126 cm³/mol. The highest BCUT2D eigenvalue weighted by molar-refractivity contribution is 6.01. The number of hydrogen-bond acceptors (Lipinski definition) is 3. The zero-order valence-corrected chi connectivity index (χ0v) is 17.6. The van der Waals surface area contributed by atoms with Crippen molar-refractivity contribution < 1.29 is 9.53 Å². The van der Waals surface area contributed by atoms with Crippen molar-refractivity contribution in [3.63, 3.8) is 0 Å². The smallest absolute Gasteiger partial charge is 0.258 e. The van der Waals surface area contributed by atoms with Crippen molar-refractivity contribution in [1.82, 2.24) is 4.90 Å². The average molecular weight is 421 g/mol. The summed E-state index contributed by atoms with van der Waals surface area (Å²) in [6.07, 6.45) is -0.263.